The fourth-order valence-corrected chi connectivity index (χ4v) is 8.78. The Morgan fingerprint density at radius 3 is 2.63 bits per heavy atom. The van der Waals surface area contributed by atoms with E-state index in [-0.39, 0.29) is 40.8 Å². The highest BCUT2D eigenvalue weighted by Gasteiger charge is 2.69. The molecule has 0 bridgehead atoms. The molecule has 0 aromatic carbocycles. The molecular formula is C25H34O5. The molecule has 0 radical (unpaired) electrons. The summed E-state index contributed by atoms with van der Waals surface area (Å²) in [5.74, 6) is 0.326. The zero-order chi connectivity index (χ0) is 21.5. The molecule has 0 heterocycles. The van der Waals surface area contributed by atoms with Gasteiger partial charge < -0.3 is 15.3 Å². The fourth-order valence-electron chi connectivity index (χ4n) is 8.78. The predicted molar refractivity (Wildman–Crippen MR) is 111 cm³/mol. The smallest absolute Gasteiger partial charge is 0.190 e. The quantitative estimate of drug-likeness (QED) is 0.604. The van der Waals surface area contributed by atoms with E-state index >= 15 is 0 Å². The van der Waals surface area contributed by atoms with Gasteiger partial charge in [-0.15, -0.1) is 0 Å². The second-order valence-corrected chi connectivity index (χ2v) is 11.0. The van der Waals surface area contributed by atoms with Gasteiger partial charge in [0.1, 0.15) is 12.2 Å². The maximum absolute atomic E-state index is 12.8. The van der Waals surface area contributed by atoms with Crippen molar-refractivity contribution >= 4 is 11.6 Å². The van der Waals surface area contributed by atoms with Gasteiger partial charge in [0.2, 0.25) is 0 Å². The summed E-state index contributed by atoms with van der Waals surface area (Å²) in [6, 6.07) is 0. The molecule has 5 rings (SSSR count). The van der Waals surface area contributed by atoms with Crippen LogP contribution >= 0.6 is 0 Å². The highest BCUT2D eigenvalue weighted by Crippen LogP contribution is 2.69. The summed E-state index contributed by atoms with van der Waals surface area (Å²) in [5.41, 5.74) is -1.31. The minimum atomic E-state index is -1.56. The van der Waals surface area contributed by atoms with E-state index in [0.29, 0.717) is 12.8 Å². The molecule has 0 aromatic rings. The van der Waals surface area contributed by atoms with Crippen LogP contribution in [0.15, 0.2) is 23.8 Å². The molecule has 9 atom stereocenters. The second-order valence-electron chi connectivity index (χ2n) is 11.0. The number of aliphatic hydroxyl groups excluding tert-OH is 2. The zero-order valence-electron chi connectivity index (χ0n) is 18.0. The molecule has 0 amide bonds. The average molecular weight is 415 g/mol. The van der Waals surface area contributed by atoms with Crippen LogP contribution in [0.4, 0.5) is 0 Å². The Kier molecular flexibility index (Phi) is 4.53. The van der Waals surface area contributed by atoms with Gasteiger partial charge in [0.25, 0.3) is 0 Å². The Morgan fingerprint density at radius 2 is 1.90 bits per heavy atom. The molecule has 30 heavy (non-hydrogen) atoms. The number of Topliss-reactive ketones (excluding diaryl/α,β-unsaturated/α-hetero) is 1. The summed E-state index contributed by atoms with van der Waals surface area (Å²) < 4.78 is 0. The van der Waals surface area contributed by atoms with Gasteiger partial charge in [-0.1, -0.05) is 31.6 Å². The zero-order valence-corrected chi connectivity index (χ0v) is 18.0. The average Bonchev–Trinajstić information content (AvgIpc) is 3.00. The summed E-state index contributed by atoms with van der Waals surface area (Å²) in [6.07, 6.45) is 10.4. The Bertz CT molecular complexity index is 844. The van der Waals surface area contributed by atoms with Crippen molar-refractivity contribution in [1.29, 1.82) is 0 Å². The van der Waals surface area contributed by atoms with E-state index in [1.165, 1.54) is 5.57 Å². The van der Waals surface area contributed by atoms with Crippen LogP contribution < -0.4 is 0 Å². The number of carbonyl (C=O) groups is 2. The number of carbonyl (C=O) groups excluding carboxylic acids is 2. The molecule has 3 N–H and O–H groups in total. The maximum Gasteiger partial charge on any atom is 0.190 e. The lowest BCUT2D eigenvalue weighted by molar-refractivity contribution is -0.188. The third-order valence-electron chi connectivity index (χ3n) is 10.2. The van der Waals surface area contributed by atoms with Gasteiger partial charge in [0, 0.05) is 11.3 Å². The van der Waals surface area contributed by atoms with E-state index in [9.17, 15) is 24.9 Å². The first-order valence-corrected chi connectivity index (χ1v) is 11.6. The van der Waals surface area contributed by atoms with Gasteiger partial charge >= 0.3 is 0 Å². The minimum Gasteiger partial charge on any atom is -0.393 e. The van der Waals surface area contributed by atoms with Gasteiger partial charge in [-0.05, 0) is 80.1 Å². The largest absolute Gasteiger partial charge is 0.393 e. The van der Waals surface area contributed by atoms with Gasteiger partial charge in [-0.3, -0.25) is 9.59 Å². The highest BCUT2D eigenvalue weighted by molar-refractivity contribution is 5.94. The van der Waals surface area contributed by atoms with E-state index < -0.39 is 29.5 Å². The number of fused-ring (bicyclic) bond motifs is 7. The lowest BCUT2D eigenvalue weighted by Crippen LogP contribution is -2.63. The molecule has 3 saturated carbocycles. The first-order chi connectivity index (χ1) is 14.2. The van der Waals surface area contributed by atoms with Crippen molar-refractivity contribution in [2.75, 3.05) is 6.61 Å². The second kappa shape index (κ2) is 6.60. The van der Waals surface area contributed by atoms with E-state index in [0.717, 1.165) is 32.1 Å². The Labute approximate surface area is 178 Å². The molecule has 164 valence electrons. The first kappa shape index (κ1) is 20.6. The molecule has 0 aromatic heterocycles. The number of aliphatic hydroxyl groups is 3. The summed E-state index contributed by atoms with van der Waals surface area (Å²) in [6.45, 7) is 3.55. The molecule has 5 aliphatic carbocycles. The van der Waals surface area contributed by atoms with Crippen LogP contribution in [-0.2, 0) is 9.59 Å². The van der Waals surface area contributed by atoms with E-state index in [4.69, 9.17) is 0 Å². The standard InChI is InChI=1S/C25H34O5/c1-23-12-20(28)22-16(17(23)9-10-25(23,30)21(29)13-26)8-7-14-11-19(27)15-5-3-4-6-18(15)24(14,22)2/h3-4,11,15-18,20,22,26,28,30H,5-10,12-13H2,1-2H3/t15-,16+,17+,18+,20+,22?,23+,24-,25+/m1/s1. The van der Waals surface area contributed by atoms with Crippen molar-refractivity contribution in [3.05, 3.63) is 23.8 Å². The third kappa shape index (κ3) is 2.35. The lowest BCUT2D eigenvalue weighted by Gasteiger charge is -2.63. The van der Waals surface area contributed by atoms with Crippen LogP contribution in [0.2, 0.25) is 0 Å². The van der Waals surface area contributed by atoms with Crippen molar-refractivity contribution in [1.82, 2.24) is 0 Å². The number of ketones is 2. The van der Waals surface area contributed by atoms with Crippen molar-refractivity contribution in [3.8, 4) is 0 Å². The molecule has 0 aliphatic heterocycles. The van der Waals surface area contributed by atoms with Gasteiger partial charge in [0.15, 0.2) is 11.6 Å². The van der Waals surface area contributed by atoms with E-state index in [1.54, 1.807) is 0 Å². The van der Waals surface area contributed by atoms with Crippen molar-refractivity contribution in [2.45, 2.75) is 70.5 Å². The van der Waals surface area contributed by atoms with Crippen LogP contribution in [0.5, 0.6) is 0 Å². The first-order valence-electron chi connectivity index (χ1n) is 11.6. The van der Waals surface area contributed by atoms with Crippen molar-refractivity contribution < 1.29 is 24.9 Å². The normalized spacial score (nSPS) is 52.0. The summed E-state index contributed by atoms with van der Waals surface area (Å²) in [4.78, 5) is 25.4. The number of hydrogen-bond acceptors (Lipinski definition) is 5. The third-order valence-corrected chi connectivity index (χ3v) is 10.2. The lowest BCUT2D eigenvalue weighted by atomic mass is 9.42. The maximum atomic E-state index is 12.8. The summed E-state index contributed by atoms with van der Waals surface area (Å²) in [5, 5.41) is 32.4. The van der Waals surface area contributed by atoms with Gasteiger partial charge in [-0.25, -0.2) is 0 Å². The molecule has 5 aliphatic rings. The van der Waals surface area contributed by atoms with Crippen LogP contribution in [0.25, 0.3) is 0 Å². The molecule has 0 saturated heterocycles. The van der Waals surface area contributed by atoms with Crippen molar-refractivity contribution in [3.63, 3.8) is 0 Å². The van der Waals surface area contributed by atoms with Gasteiger partial charge in [0.05, 0.1) is 6.10 Å². The molecule has 1 unspecified atom stereocenters. The van der Waals surface area contributed by atoms with Crippen LogP contribution in [-0.4, -0.2) is 45.2 Å². The Hall–Kier alpha value is -1.30. The van der Waals surface area contributed by atoms with Crippen LogP contribution in [0, 0.1) is 40.4 Å². The molecule has 5 heteroatoms. The molecule has 3 fully saturated rings. The number of rotatable bonds is 2. The SMILES string of the molecule is C[C@@]12C(=CC(=O)[C@@H]3CC=CC[C@@H]31)CC[C@@H]1C2[C@@H](O)C[C@@]2(C)[C@H]1CC[C@]2(O)C(=O)CO. The Balaban J connectivity index is 1.58. The topological polar surface area (TPSA) is 94.8 Å². The van der Waals surface area contributed by atoms with Crippen LogP contribution in [0.1, 0.15) is 58.8 Å². The highest BCUT2D eigenvalue weighted by atomic mass is 16.3. The Morgan fingerprint density at radius 1 is 1.17 bits per heavy atom. The number of allylic oxidation sites excluding steroid dienone is 3. The van der Waals surface area contributed by atoms with Crippen LogP contribution in [0.3, 0.4) is 0 Å². The minimum absolute atomic E-state index is 0.000475. The summed E-state index contributed by atoms with van der Waals surface area (Å²) >= 11 is 0. The van der Waals surface area contributed by atoms with E-state index in [1.807, 2.05) is 13.0 Å². The number of hydrogen-bond donors (Lipinski definition) is 3. The van der Waals surface area contributed by atoms with Gasteiger partial charge in [-0.2, -0.15) is 0 Å². The molecule has 0 spiro atoms. The fraction of sp³-hybridized carbons (Fsp3) is 0.760. The molecular weight excluding hydrogens is 380 g/mol. The summed E-state index contributed by atoms with van der Waals surface area (Å²) in [7, 11) is 0. The van der Waals surface area contributed by atoms with E-state index in [2.05, 4.69) is 19.1 Å². The molecule has 5 nitrogen and oxygen atoms in total. The van der Waals surface area contributed by atoms with Crippen molar-refractivity contribution in [2.24, 2.45) is 40.4 Å². The predicted octanol–water partition coefficient (Wildman–Crippen LogP) is 2.58. The monoisotopic (exact) mass is 414 g/mol.